The second kappa shape index (κ2) is 6.83. The SMILES string of the molecule is CC1(C)CN(Cc2cc(CN3CCCCC3)cs2)CC[C@]1(C)O. The number of rotatable bonds is 4. The van der Waals surface area contributed by atoms with Gasteiger partial charge in [0.1, 0.15) is 0 Å². The molecule has 0 spiro atoms. The van der Waals surface area contributed by atoms with Crippen molar-refractivity contribution in [1.82, 2.24) is 9.80 Å². The van der Waals surface area contributed by atoms with Crippen LogP contribution in [-0.4, -0.2) is 46.7 Å². The van der Waals surface area contributed by atoms with Crippen LogP contribution in [-0.2, 0) is 13.1 Å². The first-order valence-electron chi connectivity index (χ1n) is 9.09. The number of nitrogens with zero attached hydrogens (tertiary/aromatic N) is 2. The normalized spacial score (nSPS) is 29.7. The van der Waals surface area contributed by atoms with Crippen LogP contribution in [0.5, 0.6) is 0 Å². The van der Waals surface area contributed by atoms with Gasteiger partial charge in [-0.15, -0.1) is 11.3 Å². The predicted molar refractivity (Wildman–Crippen MR) is 97.7 cm³/mol. The second-order valence-electron chi connectivity index (χ2n) is 8.38. The smallest absolute Gasteiger partial charge is 0.0694 e. The van der Waals surface area contributed by atoms with E-state index in [4.69, 9.17) is 0 Å². The largest absolute Gasteiger partial charge is 0.390 e. The summed E-state index contributed by atoms with van der Waals surface area (Å²) in [5.74, 6) is 0. The van der Waals surface area contributed by atoms with Crippen molar-refractivity contribution in [3.63, 3.8) is 0 Å². The van der Waals surface area contributed by atoms with Gasteiger partial charge in [-0.25, -0.2) is 0 Å². The molecule has 2 fully saturated rings. The zero-order valence-corrected chi connectivity index (χ0v) is 15.8. The Bertz CT molecular complexity index is 517. The summed E-state index contributed by atoms with van der Waals surface area (Å²) in [6.45, 7) is 13.0. The average molecular weight is 337 g/mol. The standard InChI is InChI=1S/C19H32N2OS/c1-18(2)15-21(10-7-19(18,3)22)13-17-11-16(14-23-17)12-20-8-5-4-6-9-20/h11,14,22H,4-10,12-13,15H2,1-3H3/t19-/m0/s1. The predicted octanol–water partition coefficient (Wildman–Crippen LogP) is 3.72. The maximum Gasteiger partial charge on any atom is 0.0694 e. The van der Waals surface area contributed by atoms with Crippen molar-refractivity contribution in [3.8, 4) is 0 Å². The summed E-state index contributed by atoms with van der Waals surface area (Å²) in [6, 6.07) is 2.40. The highest BCUT2D eigenvalue weighted by Crippen LogP contribution is 2.38. The number of thiophene rings is 1. The molecule has 3 nitrogen and oxygen atoms in total. The fourth-order valence-corrected chi connectivity index (χ4v) is 4.77. The number of hydrogen-bond donors (Lipinski definition) is 1. The second-order valence-corrected chi connectivity index (χ2v) is 9.37. The molecule has 0 bridgehead atoms. The fraction of sp³-hybridized carbons (Fsp3) is 0.789. The van der Waals surface area contributed by atoms with E-state index in [1.54, 1.807) is 0 Å². The highest BCUT2D eigenvalue weighted by atomic mass is 32.1. The maximum absolute atomic E-state index is 10.5. The number of aliphatic hydroxyl groups is 1. The van der Waals surface area contributed by atoms with Crippen LogP contribution >= 0.6 is 11.3 Å². The summed E-state index contributed by atoms with van der Waals surface area (Å²) in [6.07, 6.45) is 4.99. The van der Waals surface area contributed by atoms with Crippen molar-refractivity contribution >= 4 is 11.3 Å². The van der Waals surface area contributed by atoms with E-state index in [-0.39, 0.29) is 5.41 Å². The van der Waals surface area contributed by atoms with Gasteiger partial charge in [-0.05, 0) is 56.3 Å². The highest BCUT2D eigenvalue weighted by Gasteiger charge is 2.43. The summed E-state index contributed by atoms with van der Waals surface area (Å²) < 4.78 is 0. The van der Waals surface area contributed by atoms with Crippen LogP contribution < -0.4 is 0 Å². The monoisotopic (exact) mass is 336 g/mol. The maximum atomic E-state index is 10.5. The molecule has 0 radical (unpaired) electrons. The molecule has 23 heavy (non-hydrogen) atoms. The molecule has 0 saturated carbocycles. The molecule has 0 amide bonds. The molecule has 0 aliphatic carbocycles. The first-order chi connectivity index (χ1) is 10.9. The number of piperidine rings is 2. The van der Waals surface area contributed by atoms with E-state index in [1.165, 1.54) is 42.8 Å². The van der Waals surface area contributed by atoms with Crippen LogP contribution in [0.3, 0.4) is 0 Å². The topological polar surface area (TPSA) is 26.7 Å². The summed E-state index contributed by atoms with van der Waals surface area (Å²) in [5, 5.41) is 12.9. The molecule has 2 saturated heterocycles. The van der Waals surface area contributed by atoms with E-state index in [1.807, 2.05) is 18.3 Å². The van der Waals surface area contributed by atoms with Gasteiger partial charge < -0.3 is 5.11 Å². The lowest BCUT2D eigenvalue weighted by molar-refractivity contribution is -0.106. The summed E-state index contributed by atoms with van der Waals surface area (Å²) in [7, 11) is 0. The zero-order valence-electron chi connectivity index (χ0n) is 15.0. The van der Waals surface area contributed by atoms with Gasteiger partial charge in [-0.3, -0.25) is 9.80 Å². The molecular formula is C19H32N2OS. The van der Waals surface area contributed by atoms with Crippen molar-refractivity contribution in [2.45, 2.75) is 65.1 Å². The van der Waals surface area contributed by atoms with Gasteiger partial charge in [-0.2, -0.15) is 0 Å². The Morgan fingerprint density at radius 1 is 1.04 bits per heavy atom. The molecule has 2 aliphatic rings. The highest BCUT2D eigenvalue weighted by molar-refractivity contribution is 7.10. The number of likely N-dealkylation sites (tertiary alicyclic amines) is 2. The van der Waals surface area contributed by atoms with E-state index in [0.29, 0.717) is 0 Å². The summed E-state index contributed by atoms with van der Waals surface area (Å²) in [4.78, 5) is 6.57. The Hall–Kier alpha value is -0.420. The summed E-state index contributed by atoms with van der Waals surface area (Å²) >= 11 is 1.90. The molecule has 1 atom stereocenters. The fourth-order valence-electron chi connectivity index (χ4n) is 3.85. The van der Waals surface area contributed by atoms with E-state index >= 15 is 0 Å². The Kier molecular flexibility index (Phi) is 5.17. The Morgan fingerprint density at radius 3 is 2.48 bits per heavy atom. The third kappa shape index (κ3) is 4.16. The third-order valence-corrected chi connectivity index (χ3v) is 6.90. The van der Waals surface area contributed by atoms with E-state index in [2.05, 4.69) is 35.1 Å². The molecule has 3 heterocycles. The van der Waals surface area contributed by atoms with Gasteiger partial charge in [0.2, 0.25) is 0 Å². The first kappa shape index (κ1) is 17.4. The van der Waals surface area contributed by atoms with Crippen molar-refractivity contribution in [1.29, 1.82) is 0 Å². The molecule has 1 aromatic heterocycles. The molecule has 0 aromatic carbocycles. The van der Waals surface area contributed by atoms with Crippen LogP contribution in [0, 0.1) is 5.41 Å². The van der Waals surface area contributed by atoms with Crippen LogP contribution in [0.2, 0.25) is 0 Å². The van der Waals surface area contributed by atoms with Gasteiger partial charge in [-0.1, -0.05) is 20.3 Å². The van der Waals surface area contributed by atoms with E-state index in [9.17, 15) is 5.11 Å². The van der Waals surface area contributed by atoms with Gasteiger partial charge in [0, 0.05) is 36.5 Å². The van der Waals surface area contributed by atoms with Crippen LogP contribution in [0.25, 0.3) is 0 Å². The molecule has 4 heteroatoms. The Morgan fingerprint density at radius 2 is 1.78 bits per heavy atom. The van der Waals surface area contributed by atoms with E-state index in [0.717, 1.165) is 32.6 Å². The van der Waals surface area contributed by atoms with Gasteiger partial charge >= 0.3 is 0 Å². The minimum Gasteiger partial charge on any atom is -0.390 e. The van der Waals surface area contributed by atoms with Crippen molar-refractivity contribution < 1.29 is 5.11 Å². The first-order valence-corrected chi connectivity index (χ1v) is 9.97. The van der Waals surface area contributed by atoms with Gasteiger partial charge in [0.15, 0.2) is 0 Å². The molecule has 1 aromatic rings. The van der Waals surface area contributed by atoms with Crippen molar-refractivity contribution in [2.24, 2.45) is 5.41 Å². The lowest BCUT2D eigenvalue weighted by Crippen LogP contribution is -2.55. The third-order valence-electron chi connectivity index (χ3n) is 5.93. The van der Waals surface area contributed by atoms with Gasteiger partial charge in [0.05, 0.1) is 5.60 Å². The van der Waals surface area contributed by atoms with Crippen LogP contribution in [0.1, 0.15) is 56.9 Å². The quantitative estimate of drug-likeness (QED) is 0.908. The number of hydrogen-bond acceptors (Lipinski definition) is 4. The van der Waals surface area contributed by atoms with Crippen LogP contribution in [0.15, 0.2) is 11.4 Å². The van der Waals surface area contributed by atoms with Crippen molar-refractivity contribution in [3.05, 3.63) is 21.9 Å². The van der Waals surface area contributed by atoms with Gasteiger partial charge in [0.25, 0.3) is 0 Å². The molecule has 2 aliphatic heterocycles. The van der Waals surface area contributed by atoms with E-state index < -0.39 is 5.60 Å². The Balaban J connectivity index is 1.55. The molecule has 0 unspecified atom stereocenters. The lowest BCUT2D eigenvalue weighted by Gasteiger charge is -2.48. The molecule has 130 valence electrons. The molecule has 3 rings (SSSR count). The minimum atomic E-state index is -0.543. The molecular weight excluding hydrogens is 304 g/mol. The van der Waals surface area contributed by atoms with Crippen molar-refractivity contribution in [2.75, 3.05) is 26.2 Å². The Labute approximate surface area is 145 Å². The zero-order chi connectivity index (χ0) is 16.5. The van der Waals surface area contributed by atoms with Crippen LogP contribution in [0.4, 0.5) is 0 Å². The molecule has 1 N–H and O–H groups in total. The minimum absolute atomic E-state index is 0.0425. The average Bonchev–Trinajstić information content (AvgIpc) is 2.91. The summed E-state index contributed by atoms with van der Waals surface area (Å²) in [5.41, 5.74) is 0.896. The lowest BCUT2D eigenvalue weighted by atomic mass is 9.71.